The third-order valence-electron chi connectivity index (χ3n) is 12.0. The average molecular weight is 1080 g/mol. The Morgan fingerprint density at radius 3 is 1.88 bits per heavy atom. The summed E-state index contributed by atoms with van der Waals surface area (Å²) in [6.45, 7) is 19.1. The van der Waals surface area contributed by atoms with Gasteiger partial charge in [0.05, 0.1) is 96.0 Å². The molecule has 1 aromatic carbocycles. The van der Waals surface area contributed by atoms with Gasteiger partial charge in [-0.05, 0) is 91.6 Å². The van der Waals surface area contributed by atoms with Crippen LogP contribution in [0.1, 0.15) is 97.0 Å². The van der Waals surface area contributed by atoms with Gasteiger partial charge in [-0.2, -0.15) is 16.8 Å². The predicted octanol–water partition coefficient (Wildman–Crippen LogP) is 6.45. The SMILES string of the molecule is CC.COCCOCCOCCOCC[N+](CCOCCOCCOCCO)=c1ccc2c(C(C)(C)C)cc(/C=C/C=C3/N(CCCCCC(=O)O)c4ccc(S(=O)(=O)O)cc4C3(C)CCCS(=O)(=O)O)oc-2c1. The molecule has 3 aliphatic rings. The van der Waals surface area contributed by atoms with Crippen molar-refractivity contribution in [1.82, 2.24) is 4.58 Å². The Bertz CT molecular complexity index is 2470. The van der Waals surface area contributed by atoms with Gasteiger partial charge in [0.1, 0.15) is 24.7 Å². The number of unbranched alkanes of at least 4 members (excludes halogenated alkanes) is 2. The zero-order valence-corrected chi connectivity index (χ0v) is 46.2. The van der Waals surface area contributed by atoms with Crippen molar-refractivity contribution in [2.24, 2.45) is 0 Å². The highest BCUT2D eigenvalue weighted by Crippen LogP contribution is 2.51. The van der Waals surface area contributed by atoms with Crippen LogP contribution in [-0.2, 0) is 69.0 Å². The van der Waals surface area contributed by atoms with Crippen molar-refractivity contribution in [3.05, 3.63) is 82.6 Å². The van der Waals surface area contributed by atoms with Crippen molar-refractivity contribution in [2.75, 3.05) is 130 Å². The topological polar surface area (TPSA) is 250 Å². The summed E-state index contributed by atoms with van der Waals surface area (Å²) < 4.78 is 116. The van der Waals surface area contributed by atoms with Crippen LogP contribution in [0, 0.1) is 0 Å². The maximum absolute atomic E-state index is 12.4. The zero-order valence-electron chi connectivity index (χ0n) is 44.6. The highest BCUT2D eigenvalue weighted by atomic mass is 32.2. The fourth-order valence-corrected chi connectivity index (χ4v) is 9.38. The quantitative estimate of drug-likeness (QED) is 0.0277. The van der Waals surface area contributed by atoms with Crippen LogP contribution in [0.5, 0.6) is 0 Å². The minimum Gasteiger partial charge on any atom is -0.481 e. The Balaban J connectivity index is 0.00000713. The van der Waals surface area contributed by atoms with Gasteiger partial charge in [-0.25, -0.2) is 4.58 Å². The predicted molar refractivity (Wildman–Crippen MR) is 284 cm³/mol. The van der Waals surface area contributed by atoms with Crippen LogP contribution < -0.4 is 14.8 Å². The Labute approximate surface area is 438 Å². The number of allylic oxidation sites excluding steroid dienone is 3. The molecule has 2 aliphatic heterocycles. The average Bonchev–Trinajstić information content (AvgIpc) is 3.57. The van der Waals surface area contributed by atoms with E-state index < -0.39 is 37.4 Å². The lowest BCUT2D eigenvalue weighted by molar-refractivity contribution is -0.137. The number of nitrogens with zero attached hydrogens (tertiary/aromatic N) is 2. The van der Waals surface area contributed by atoms with Crippen molar-refractivity contribution in [3.8, 4) is 11.3 Å². The largest absolute Gasteiger partial charge is 0.481 e. The van der Waals surface area contributed by atoms with E-state index in [9.17, 15) is 35.8 Å². The van der Waals surface area contributed by atoms with E-state index in [1.165, 1.54) is 12.1 Å². The first-order valence-corrected chi connectivity index (χ1v) is 28.5. The first-order valence-electron chi connectivity index (χ1n) is 25.5. The summed E-state index contributed by atoms with van der Waals surface area (Å²) in [4.78, 5) is 13.0. The summed E-state index contributed by atoms with van der Waals surface area (Å²) >= 11 is 0. The van der Waals surface area contributed by atoms with Gasteiger partial charge in [-0.15, -0.1) is 0 Å². The van der Waals surface area contributed by atoms with Crippen molar-refractivity contribution < 1.29 is 78.5 Å². The molecule has 21 heteroatoms. The normalized spacial score (nSPS) is 16.0. The Morgan fingerprint density at radius 2 is 1.34 bits per heavy atom. The molecule has 1 aliphatic carbocycles. The molecule has 0 aromatic heterocycles. The van der Waals surface area contributed by atoms with E-state index in [1.807, 2.05) is 56.0 Å². The Kier molecular flexibility index (Phi) is 28.7. The molecule has 19 nitrogen and oxygen atoms in total. The molecule has 0 fully saturated rings. The number of aliphatic carboxylic acids is 1. The lowest BCUT2D eigenvalue weighted by Crippen LogP contribution is -2.36. The molecule has 1 unspecified atom stereocenters. The molecule has 0 saturated heterocycles. The molecule has 0 saturated carbocycles. The molecule has 418 valence electrons. The second-order valence-electron chi connectivity index (χ2n) is 18.5. The van der Waals surface area contributed by atoms with Crippen LogP contribution in [0.3, 0.4) is 0 Å². The second-order valence-corrected chi connectivity index (χ2v) is 21.5. The van der Waals surface area contributed by atoms with E-state index in [1.54, 1.807) is 13.2 Å². The van der Waals surface area contributed by atoms with Crippen LogP contribution in [0.25, 0.3) is 17.4 Å². The highest BCUT2D eigenvalue weighted by molar-refractivity contribution is 7.86. The third-order valence-corrected chi connectivity index (χ3v) is 13.6. The van der Waals surface area contributed by atoms with Crippen LogP contribution >= 0.6 is 0 Å². The molecule has 0 bridgehead atoms. The van der Waals surface area contributed by atoms with Crippen LogP contribution in [0.15, 0.2) is 69.6 Å². The van der Waals surface area contributed by atoms with E-state index in [2.05, 4.69) is 37.5 Å². The van der Waals surface area contributed by atoms with Gasteiger partial charge in [-0.1, -0.05) is 47.1 Å². The molecule has 0 amide bonds. The third kappa shape index (κ3) is 22.2. The lowest BCUT2D eigenvalue weighted by atomic mass is 9.77. The maximum Gasteiger partial charge on any atom is 0.303 e. The molecule has 0 radical (unpaired) electrons. The number of aliphatic hydroxyl groups is 1. The number of ether oxygens (including phenoxy) is 7. The van der Waals surface area contributed by atoms with E-state index >= 15 is 0 Å². The second kappa shape index (κ2) is 33.1. The number of hydrogen-bond donors (Lipinski definition) is 4. The minimum atomic E-state index is -4.60. The molecular formula is C53H83N2O17S2+. The van der Waals surface area contributed by atoms with Gasteiger partial charge >= 0.3 is 5.97 Å². The van der Waals surface area contributed by atoms with Crippen LogP contribution in [0.2, 0.25) is 0 Å². The molecule has 74 heavy (non-hydrogen) atoms. The van der Waals surface area contributed by atoms with Crippen molar-refractivity contribution in [3.63, 3.8) is 0 Å². The summed E-state index contributed by atoms with van der Waals surface area (Å²) in [5, 5.41) is 19.0. The Hall–Kier alpha value is -4.10. The number of methoxy groups -OCH3 is 1. The number of benzene rings is 2. The first-order chi connectivity index (χ1) is 35.3. The summed E-state index contributed by atoms with van der Waals surface area (Å²) in [6, 6.07) is 12.4. The Morgan fingerprint density at radius 1 is 0.757 bits per heavy atom. The van der Waals surface area contributed by atoms with Gasteiger partial charge < -0.3 is 52.7 Å². The van der Waals surface area contributed by atoms with Crippen molar-refractivity contribution in [2.45, 2.75) is 95.8 Å². The maximum atomic E-state index is 12.4. The van der Waals surface area contributed by atoms with Crippen molar-refractivity contribution >= 4 is 38.0 Å². The molecule has 2 heterocycles. The first kappa shape index (κ1) is 64.2. The monoisotopic (exact) mass is 1080 g/mol. The lowest BCUT2D eigenvalue weighted by Gasteiger charge is -2.30. The molecular weight excluding hydrogens is 1000 g/mol. The van der Waals surface area contributed by atoms with Gasteiger partial charge in [0.15, 0.2) is 13.1 Å². The standard InChI is InChI=1S/C51H76N2O17S2.C2H6/c1-50(2,3)44-38-41(11-9-12-48-51(4,18-10-36-71(57,58)59)45-39-42(72(60,61)62)15-17-46(45)53(48)19-8-6-7-13-49(55)56)70-47-37-40(14-16-43(44)47)52(20-23-64-28-31-68-33-30-66-25-22-54)21-24-65-29-32-69-35-34-67-27-26-63-5;1-2/h9,11-12,14-17,37-39,54H,6-8,10,13,18-36H2,1-5H3,(H2-,55,56,57,58,59,60,61,62);1-2H3/p+1. The van der Waals surface area contributed by atoms with Crippen LogP contribution in [0.4, 0.5) is 5.69 Å². The number of rotatable bonds is 36. The summed E-state index contributed by atoms with van der Waals surface area (Å²) in [7, 11) is -7.30. The molecule has 4 N–H and O–H groups in total. The van der Waals surface area contributed by atoms with Gasteiger partial charge in [0, 0.05) is 48.5 Å². The van der Waals surface area contributed by atoms with E-state index in [-0.39, 0.29) is 42.8 Å². The van der Waals surface area contributed by atoms with E-state index in [0.29, 0.717) is 147 Å². The fraction of sp³-hybridized carbons (Fsp3) is 0.623. The molecule has 1 aromatic rings. The number of anilines is 1. The number of carboxylic acids is 1. The van der Waals surface area contributed by atoms with Gasteiger partial charge in [-0.3, -0.25) is 13.9 Å². The minimum absolute atomic E-state index is 0.0194. The number of carbonyl (C=O) groups is 1. The molecule has 1 atom stereocenters. The summed E-state index contributed by atoms with van der Waals surface area (Å²) in [5.41, 5.74) is 2.61. The number of hydrogen-bond acceptors (Lipinski definition) is 15. The molecule has 4 rings (SSSR count). The highest BCUT2D eigenvalue weighted by Gasteiger charge is 2.43. The van der Waals surface area contributed by atoms with E-state index in [0.717, 1.165) is 16.5 Å². The fourth-order valence-electron chi connectivity index (χ4n) is 8.37. The number of aliphatic hydroxyl groups excluding tert-OH is 1. The zero-order chi connectivity index (χ0) is 54.6. The van der Waals surface area contributed by atoms with E-state index in [4.69, 9.17) is 42.7 Å². The number of carboxylic acid groups (broad SMARTS) is 1. The summed E-state index contributed by atoms with van der Waals surface area (Å²) in [5.74, 6) is -0.220. The smallest absolute Gasteiger partial charge is 0.303 e. The van der Waals surface area contributed by atoms with Crippen molar-refractivity contribution in [1.29, 1.82) is 0 Å². The van der Waals surface area contributed by atoms with Crippen LogP contribution in [-0.4, -0.2) is 167 Å². The number of fused-ring (bicyclic) bond motifs is 2. The summed E-state index contributed by atoms with van der Waals surface area (Å²) in [6.07, 6.45) is 7.47. The van der Waals surface area contributed by atoms with Gasteiger partial charge in [0.25, 0.3) is 20.2 Å². The molecule has 0 spiro atoms. The van der Waals surface area contributed by atoms with Gasteiger partial charge in [0.2, 0.25) is 5.36 Å².